The predicted molar refractivity (Wildman–Crippen MR) is 97.0 cm³/mol. The van der Waals surface area contributed by atoms with Crippen LogP contribution >= 0.6 is 11.6 Å². The van der Waals surface area contributed by atoms with Gasteiger partial charge in [0, 0.05) is 24.5 Å². The molecule has 0 aliphatic carbocycles. The molecule has 146 valence electrons. The Kier molecular flexibility index (Phi) is 5.57. The van der Waals surface area contributed by atoms with Gasteiger partial charge < -0.3 is 24.4 Å². The fraction of sp³-hybridized carbons (Fsp3) is 0.500. The lowest BCUT2D eigenvalue weighted by Crippen LogP contribution is -2.53. The van der Waals surface area contributed by atoms with Crippen LogP contribution in [0.5, 0.6) is 5.75 Å². The molecule has 9 heteroatoms. The lowest BCUT2D eigenvalue weighted by molar-refractivity contribution is -0.167. The molecule has 0 saturated carbocycles. The summed E-state index contributed by atoms with van der Waals surface area (Å²) in [6.07, 6.45) is -1.39. The zero-order valence-corrected chi connectivity index (χ0v) is 15.8. The second-order valence-electron chi connectivity index (χ2n) is 6.74. The highest BCUT2D eigenvalue weighted by Crippen LogP contribution is 2.35. The van der Waals surface area contributed by atoms with Crippen LogP contribution in [-0.2, 0) is 19.1 Å². The van der Waals surface area contributed by atoms with Crippen LogP contribution in [0, 0.1) is 5.92 Å². The summed E-state index contributed by atoms with van der Waals surface area (Å²) in [4.78, 5) is 39.6. The molecule has 2 heterocycles. The monoisotopic (exact) mass is 396 g/mol. The molecular weight excluding hydrogens is 376 g/mol. The number of hydrogen-bond donors (Lipinski definition) is 1. The summed E-state index contributed by atoms with van der Waals surface area (Å²) < 4.78 is 10.6. The van der Waals surface area contributed by atoms with Crippen LogP contribution in [-0.4, -0.2) is 66.7 Å². The van der Waals surface area contributed by atoms with Gasteiger partial charge in [0.25, 0.3) is 0 Å². The van der Waals surface area contributed by atoms with Gasteiger partial charge in [-0.25, -0.2) is 4.79 Å². The third-order valence-electron chi connectivity index (χ3n) is 4.75. The summed E-state index contributed by atoms with van der Waals surface area (Å²) in [6, 6.07) is 4.96. The van der Waals surface area contributed by atoms with Gasteiger partial charge in [0.2, 0.25) is 11.8 Å². The zero-order chi connectivity index (χ0) is 19.7. The van der Waals surface area contributed by atoms with Crippen LogP contribution in [0.2, 0.25) is 5.02 Å². The summed E-state index contributed by atoms with van der Waals surface area (Å²) in [5, 5.41) is 9.64. The SMILES string of the molecule is COc1ccc(Cl)cc1N1CC(C(=O)N2CC(C(=O)O)O[C@H](C)C2)CC1=O. The molecule has 3 atom stereocenters. The van der Waals surface area contributed by atoms with Crippen molar-refractivity contribution in [2.45, 2.75) is 25.6 Å². The third-order valence-corrected chi connectivity index (χ3v) is 4.99. The number of methoxy groups -OCH3 is 1. The Morgan fingerprint density at radius 3 is 2.70 bits per heavy atom. The number of carboxylic acids is 1. The van der Waals surface area contributed by atoms with E-state index in [0.29, 0.717) is 23.0 Å². The van der Waals surface area contributed by atoms with Gasteiger partial charge in [-0.3, -0.25) is 9.59 Å². The van der Waals surface area contributed by atoms with Crippen molar-refractivity contribution in [2.75, 3.05) is 31.6 Å². The first-order valence-electron chi connectivity index (χ1n) is 8.61. The normalized spacial score (nSPS) is 25.6. The zero-order valence-electron chi connectivity index (χ0n) is 15.1. The number of hydrogen-bond acceptors (Lipinski definition) is 5. The number of nitrogens with zero attached hydrogens (tertiary/aromatic N) is 2. The fourth-order valence-electron chi connectivity index (χ4n) is 3.51. The van der Waals surface area contributed by atoms with E-state index in [0.717, 1.165) is 0 Å². The maximum Gasteiger partial charge on any atom is 0.334 e. The van der Waals surface area contributed by atoms with Gasteiger partial charge in [-0.05, 0) is 25.1 Å². The summed E-state index contributed by atoms with van der Waals surface area (Å²) >= 11 is 6.04. The number of anilines is 1. The second kappa shape index (κ2) is 7.74. The predicted octanol–water partition coefficient (Wildman–Crippen LogP) is 1.40. The van der Waals surface area contributed by atoms with E-state index in [4.69, 9.17) is 21.1 Å². The summed E-state index contributed by atoms with van der Waals surface area (Å²) in [5.74, 6) is -1.61. The van der Waals surface area contributed by atoms with Gasteiger partial charge >= 0.3 is 5.97 Å². The molecule has 0 bridgehead atoms. The molecule has 1 N–H and O–H groups in total. The number of rotatable bonds is 4. The van der Waals surface area contributed by atoms with Gasteiger partial charge in [-0.2, -0.15) is 0 Å². The Balaban J connectivity index is 1.76. The number of morpholine rings is 1. The first-order chi connectivity index (χ1) is 12.8. The van der Waals surface area contributed by atoms with Crippen molar-refractivity contribution in [1.29, 1.82) is 0 Å². The number of amides is 2. The van der Waals surface area contributed by atoms with Crippen molar-refractivity contribution in [3.8, 4) is 5.75 Å². The molecule has 3 rings (SSSR count). The Labute approximate surface area is 161 Å². The van der Waals surface area contributed by atoms with Crippen LogP contribution in [0.25, 0.3) is 0 Å². The van der Waals surface area contributed by atoms with Crippen molar-refractivity contribution in [1.82, 2.24) is 4.90 Å². The van der Waals surface area contributed by atoms with Gasteiger partial charge in [0.1, 0.15) is 5.75 Å². The second-order valence-corrected chi connectivity index (χ2v) is 7.17. The molecule has 0 aromatic heterocycles. The molecule has 0 spiro atoms. The summed E-state index contributed by atoms with van der Waals surface area (Å²) in [6.45, 7) is 2.19. The van der Waals surface area contributed by atoms with E-state index >= 15 is 0 Å². The summed E-state index contributed by atoms with van der Waals surface area (Å²) in [7, 11) is 1.50. The molecule has 2 saturated heterocycles. The van der Waals surface area contributed by atoms with Gasteiger partial charge in [0.05, 0.1) is 31.4 Å². The van der Waals surface area contributed by atoms with Crippen molar-refractivity contribution in [2.24, 2.45) is 5.92 Å². The van der Waals surface area contributed by atoms with Crippen LogP contribution < -0.4 is 9.64 Å². The van der Waals surface area contributed by atoms with Crippen LogP contribution in [0.1, 0.15) is 13.3 Å². The molecule has 1 aromatic carbocycles. The highest BCUT2D eigenvalue weighted by atomic mass is 35.5. The topological polar surface area (TPSA) is 96.4 Å². The highest BCUT2D eigenvalue weighted by molar-refractivity contribution is 6.31. The smallest absolute Gasteiger partial charge is 0.334 e. The minimum atomic E-state index is -1.10. The molecule has 2 unspecified atom stereocenters. The van der Waals surface area contributed by atoms with Crippen molar-refractivity contribution < 1.29 is 29.0 Å². The number of aliphatic carboxylic acids is 1. The standard InChI is InChI=1S/C18H21ClN2O6/c1-10-7-20(9-15(27-10)18(24)25)17(23)11-5-16(22)21(8-11)13-6-12(19)3-4-14(13)26-2/h3-4,6,10-11,15H,5,7-9H2,1-2H3,(H,24,25)/t10-,11?,15?/m1/s1. The lowest BCUT2D eigenvalue weighted by Gasteiger charge is -2.36. The minimum absolute atomic E-state index is 0.0241. The number of ether oxygens (including phenoxy) is 2. The molecule has 2 aliphatic rings. The van der Waals surface area contributed by atoms with Gasteiger partial charge in [0.15, 0.2) is 6.10 Å². The van der Waals surface area contributed by atoms with Crippen molar-refractivity contribution in [3.63, 3.8) is 0 Å². The number of carbonyl (C=O) groups is 3. The average Bonchev–Trinajstić information content (AvgIpc) is 3.02. The van der Waals surface area contributed by atoms with E-state index in [1.165, 1.54) is 16.9 Å². The Bertz CT molecular complexity index is 770. The largest absolute Gasteiger partial charge is 0.495 e. The van der Waals surface area contributed by atoms with Crippen LogP contribution in [0.15, 0.2) is 18.2 Å². The number of carbonyl (C=O) groups excluding carboxylic acids is 2. The first kappa shape index (κ1) is 19.4. The maximum atomic E-state index is 12.9. The number of benzene rings is 1. The highest BCUT2D eigenvalue weighted by Gasteiger charge is 2.41. The van der Waals surface area contributed by atoms with E-state index < -0.39 is 18.0 Å². The van der Waals surface area contributed by atoms with Crippen molar-refractivity contribution in [3.05, 3.63) is 23.2 Å². The molecule has 1 aromatic rings. The van der Waals surface area contributed by atoms with E-state index in [2.05, 4.69) is 0 Å². The number of halogens is 1. The minimum Gasteiger partial charge on any atom is -0.495 e. The molecule has 8 nitrogen and oxygen atoms in total. The lowest BCUT2D eigenvalue weighted by atomic mass is 10.1. The Morgan fingerprint density at radius 1 is 1.30 bits per heavy atom. The molecular formula is C18H21ClN2O6. The van der Waals surface area contributed by atoms with E-state index in [1.807, 2.05) is 0 Å². The summed E-state index contributed by atoms with van der Waals surface area (Å²) in [5.41, 5.74) is 0.518. The average molecular weight is 397 g/mol. The third kappa shape index (κ3) is 4.01. The van der Waals surface area contributed by atoms with Gasteiger partial charge in [-0.15, -0.1) is 0 Å². The molecule has 2 aliphatic heterocycles. The van der Waals surface area contributed by atoms with Gasteiger partial charge in [-0.1, -0.05) is 11.6 Å². The number of carboxylic acid groups (broad SMARTS) is 1. The van der Waals surface area contributed by atoms with E-state index in [9.17, 15) is 19.5 Å². The first-order valence-corrected chi connectivity index (χ1v) is 8.99. The van der Waals surface area contributed by atoms with Crippen molar-refractivity contribution >= 4 is 35.1 Å². The molecule has 2 amide bonds. The van der Waals surface area contributed by atoms with E-state index in [1.54, 1.807) is 25.1 Å². The Hall–Kier alpha value is -2.32. The van der Waals surface area contributed by atoms with Crippen LogP contribution in [0.3, 0.4) is 0 Å². The van der Waals surface area contributed by atoms with E-state index in [-0.39, 0.29) is 37.4 Å². The Morgan fingerprint density at radius 2 is 2.04 bits per heavy atom. The fourth-order valence-corrected chi connectivity index (χ4v) is 3.67. The van der Waals surface area contributed by atoms with Crippen LogP contribution in [0.4, 0.5) is 5.69 Å². The molecule has 2 fully saturated rings. The molecule has 0 radical (unpaired) electrons. The maximum absolute atomic E-state index is 12.9. The molecule has 27 heavy (non-hydrogen) atoms. The quantitative estimate of drug-likeness (QED) is 0.826.